The van der Waals surface area contributed by atoms with Gasteiger partial charge in [0.25, 0.3) is 9.05 Å². The van der Waals surface area contributed by atoms with E-state index in [1.54, 1.807) is 13.8 Å². The molecule has 0 bridgehead atoms. The Morgan fingerprint density at radius 3 is 2.68 bits per heavy atom. The minimum Gasteiger partial charge on any atom is -0.473 e. The average molecular weight is 308 g/mol. The Morgan fingerprint density at radius 1 is 1.53 bits per heavy atom. The fourth-order valence-electron chi connectivity index (χ4n) is 1.33. The highest BCUT2D eigenvalue weighted by Gasteiger charge is 2.19. The van der Waals surface area contributed by atoms with Gasteiger partial charge in [0.05, 0.1) is 0 Å². The second kappa shape index (κ2) is 6.21. The van der Waals surface area contributed by atoms with E-state index in [9.17, 15) is 13.2 Å². The van der Waals surface area contributed by atoms with Crippen LogP contribution in [0.25, 0.3) is 0 Å². The Morgan fingerprint density at radius 2 is 2.16 bits per heavy atom. The Labute approximate surface area is 116 Å². The quantitative estimate of drug-likeness (QED) is 0.607. The normalized spacial score (nSPS) is 12.8. The lowest BCUT2D eigenvalue weighted by atomic mass is 10.3. The molecule has 0 unspecified atom stereocenters. The molecule has 0 N–H and O–H groups in total. The number of esters is 1. The summed E-state index contributed by atoms with van der Waals surface area (Å²) in [7, 11) is 1.35. The lowest BCUT2D eigenvalue weighted by molar-refractivity contribution is -0.146. The van der Waals surface area contributed by atoms with Crippen LogP contribution in [-0.2, 0) is 18.6 Å². The highest BCUT2D eigenvalue weighted by molar-refractivity contribution is 8.13. The van der Waals surface area contributed by atoms with Crippen LogP contribution in [0.3, 0.4) is 0 Å². The number of aromatic nitrogens is 1. The molecule has 0 fully saturated rings. The van der Waals surface area contributed by atoms with Crippen molar-refractivity contribution in [1.82, 2.24) is 4.98 Å². The molecule has 1 heterocycles. The summed E-state index contributed by atoms with van der Waals surface area (Å²) in [5, 5.41) is 0. The van der Waals surface area contributed by atoms with Crippen molar-refractivity contribution in [3.8, 4) is 5.88 Å². The summed E-state index contributed by atoms with van der Waals surface area (Å²) < 4.78 is 32.9. The van der Waals surface area contributed by atoms with E-state index >= 15 is 0 Å². The molecule has 1 aromatic rings. The van der Waals surface area contributed by atoms with Crippen LogP contribution in [0.1, 0.15) is 19.4 Å². The van der Waals surface area contributed by atoms with Gasteiger partial charge >= 0.3 is 5.97 Å². The molecule has 0 aliphatic carbocycles. The van der Waals surface area contributed by atoms with E-state index in [1.165, 1.54) is 19.2 Å². The van der Waals surface area contributed by atoms with Crippen LogP contribution in [0, 0.1) is 6.92 Å². The first kappa shape index (κ1) is 15.7. The SMILES string of the molecule is CC(=O)O[C@H](C)COc1ncc(C)cc1S(=O)(=O)Cl. The van der Waals surface area contributed by atoms with Gasteiger partial charge in [-0.05, 0) is 25.5 Å². The molecule has 6 nitrogen and oxygen atoms in total. The zero-order valence-corrected chi connectivity index (χ0v) is 12.3. The summed E-state index contributed by atoms with van der Waals surface area (Å²) in [4.78, 5) is 14.4. The third kappa shape index (κ3) is 5.04. The maximum Gasteiger partial charge on any atom is 0.303 e. The van der Waals surface area contributed by atoms with Gasteiger partial charge in [0, 0.05) is 23.8 Å². The number of ether oxygens (including phenoxy) is 2. The third-order valence-corrected chi connectivity index (χ3v) is 3.36. The largest absolute Gasteiger partial charge is 0.473 e. The van der Waals surface area contributed by atoms with Crippen molar-refractivity contribution < 1.29 is 22.7 Å². The van der Waals surface area contributed by atoms with Gasteiger partial charge in [0.1, 0.15) is 17.6 Å². The maximum absolute atomic E-state index is 11.4. The van der Waals surface area contributed by atoms with Crippen molar-refractivity contribution in [3.05, 3.63) is 17.8 Å². The summed E-state index contributed by atoms with van der Waals surface area (Å²) in [5.74, 6) is -0.558. The lowest BCUT2D eigenvalue weighted by Gasteiger charge is -2.14. The highest BCUT2D eigenvalue weighted by Crippen LogP contribution is 2.25. The molecular weight excluding hydrogens is 294 g/mol. The molecule has 19 heavy (non-hydrogen) atoms. The van der Waals surface area contributed by atoms with Gasteiger partial charge in [-0.1, -0.05) is 0 Å². The fraction of sp³-hybridized carbons (Fsp3) is 0.455. The summed E-state index contributed by atoms with van der Waals surface area (Å²) in [6, 6.07) is 1.36. The van der Waals surface area contributed by atoms with Crippen LogP contribution in [0.2, 0.25) is 0 Å². The van der Waals surface area contributed by atoms with E-state index in [-0.39, 0.29) is 17.4 Å². The number of hydrogen-bond acceptors (Lipinski definition) is 6. The molecule has 106 valence electrons. The number of hydrogen-bond donors (Lipinski definition) is 0. The van der Waals surface area contributed by atoms with E-state index < -0.39 is 21.1 Å². The van der Waals surface area contributed by atoms with Crippen LogP contribution in [-0.4, -0.2) is 32.1 Å². The molecule has 0 saturated heterocycles. The second-order valence-corrected chi connectivity index (χ2v) is 6.52. The monoisotopic (exact) mass is 307 g/mol. The fourth-order valence-corrected chi connectivity index (χ4v) is 2.31. The van der Waals surface area contributed by atoms with Crippen LogP contribution in [0.5, 0.6) is 5.88 Å². The molecule has 0 radical (unpaired) electrons. The molecule has 0 aliphatic heterocycles. The van der Waals surface area contributed by atoms with Gasteiger partial charge in [-0.25, -0.2) is 13.4 Å². The molecule has 0 spiro atoms. The first-order chi connectivity index (χ1) is 8.70. The molecule has 8 heteroatoms. The first-order valence-electron chi connectivity index (χ1n) is 5.41. The van der Waals surface area contributed by atoms with Crippen LogP contribution in [0.4, 0.5) is 0 Å². The summed E-state index contributed by atoms with van der Waals surface area (Å²) in [6.07, 6.45) is 0.934. The van der Waals surface area contributed by atoms with Crippen molar-refractivity contribution >= 4 is 25.7 Å². The lowest BCUT2D eigenvalue weighted by Crippen LogP contribution is -2.21. The maximum atomic E-state index is 11.4. The average Bonchev–Trinajstić information content (AvgIpc) is 2.25. The van der Waals surface area contributed by atoms with Crippen molar-refractivity contribution in [2.24, 2.45) is 0 Å². The molecular formula is C11H14ClNO5S. The molecule has 1 rings (SSSR count). The summed E-state index contributed by atoms with van der Waals surface area (Å²) in [6.45, 7) is 4.55. The number of halogens is 1. The Bertz CT molecular complexity index is 572. The standard InChI is InChI=1S/C11H14ClNO5S/c1-7-4-10(19(12,15)16)11(13-5-7)17-6-8(2)18-9(3)14/h4-5,8H,6H2,1-3H3/t8-/m1/s1. The Kier molecular flexibility index (Phi) is 5.13. The molecule has 1 atom stereocenters. The third-order valence-electron chi connectivity index (χ3n) is 2.04. The van der Waals surface area contributed by atoms with Crippen molar-refractivity contribution in [2.45, 2.75) is 31.8 Å². The topological polar surface area (TPSA) is 82.6 Å². The zero-order chi connectivity index (χ0) is 14.6. The van der Waals surface area contributed by atoms with Crippen molar-refractivity contribution in [3.63, 3.8) is 0 Å². The van der Waals surface area contributed by atoms with Gasteiger partial charge in [-0.2, -0.15) is 0 Å². The van der Waals surface area contributed by atoms with Crippen LogP contribution in [0.15, 0.2) is 17.2 Å². The number of rotatable bonds is 5. The predicted molar refractivity (Wildman–Crippen MR) is 68.7 cm³/mol. The van der Waals surface area contributed by atoms with Gasteiger partial charge in [-0.15, -0.1) is 0 Å². The van der Waals surface area contributed by atoms with E-state index in [0.717, 1.165) is 0 Å². The van der Waals surface area contributed by atoms with E-state index in [1.807, 2.05) is 0 Å². The molecule has 0 aliphatic rings. The van der Waals surface area contributed by atoms with Gasteiger partial charge in [0.2, 0.25) is 5.88 Å². The minimum absolute atomic E-state index is 0.0188. The first-order valence-corrected chi connectivity index (χ1v) is 7.72. The molecule has 0 amide bonds. The van der Waals surface area contributed by atoms with Crippen LogP contribution >= 0.6 is 10.7 Å². The van der Waals surface area contributed by atoms with Crippen molar-refractivity contribution in [2.75, 3.05) is 6.61 Å². The van der Waals surface area contributed by atoms with Crippen molar-refractivity contribution in [1.29, 1.82) is 0 Å². The predicted octanol–water partition coefficient (Wildman–Crippen LogP) is 1.65. The van der Waals surface area contributed by atoms with E-state index in [4.69, 9.17) is 20.2 Å². The number of carbonyl (C=O) groups excluding carboxylic acids is 1. The minimum atomic E-state index is -3.95. The Hall–Kier alpha value is -1.34. The van der Waals surface area contributed by atoms with E-state index in [2.05, 4.69) is 4.98 Å². The zero-order valence-electron chi connectivity index (χ0n) is 10.7. The van der Waals surface area contributed by atoms with E-state index in [0.29, 0.717) is 5.56 Å². The number of carbonyl (C=O) groups is 1. The van der Waals surface area contributed by atoms with Gasteiger partial charge < -0.3 is 9.47 Å². The van der Waals surface area contributed by atoms with Crippen LogP contribution < -0.4 is 4.74 Å². The molecule has 0 aromatic carbocycles. The second-order valence-electron chi connectivity index (χ2n) is 3.98. The number of pyridine rings is 1. The summed E-state index contributed by atoms with van der Waals surface area (Å²) >= 11 is 0. The number of nitrogens with zero attached hydrogens (tertiary/aromatic N) is 1. The highest BCUT2D eigenvalue weighted by atomic mass is 35.7. The smallest absolute Gasteiger partial charge is 0.303 e. The van der Waals surface area contributed by atoms with Gasteiger partial charge in [0.15, 0.2) is 0 Å². The molecule has 0 saturated carbocycles. The molecule has 1 aromatic heterocycles. The van der Waals surface area contributed by atoms with Gasteiger partial charge in [-0.3, -0.25) is 4.79 Å². The number of aryl methyl sites for hydroxylation is 1. The summed E-state index contributed by atoms with van der Waals surface area (Å²) in [5.41, 5.74) is 0.639. The Balaban J connectivity index is 2.87.